The van der Waals surface area contributed by atoms with Gasteiger partial charge in [-0.05, 0) is 65.1 Å². The SMILES string of the molecule is Cc1cc(-c2nc(-c3ccccn3)nc(-c3ccccn3)n2)ccc1-c1ccc(-c2ccccc2)cc1. The molecule has 6 rings (SSSR count). The Bertz CT molecular complexity index is 1590. The molecule has 3 aromatic carbocycles. The molecule has 0 fully saturated rings. The first-order valence-electron chi connectivity index (χ1n) is 12.1. The molecule has 0 aliphatic heterocycles. The lowest BCUT2D eigenvalue weighted by Gasteiger charge is -2.11. The minimum atomic E-state index is 0.518. The van der Waals surface area contributed by atoms with Crippen LogP contribution in [0.5, 0.6) is 0 Å². The summed E-state index contributed by atoms with van der Waals surface area (Å²) < 4.78 is 0. The van der Waals surface area contributed by atoms with E-state index in [-0.39, 0.29) is 0 Å². The van der Waals surface area contributed by atoms with Crippen LogP contribution in [0.15, 0.2) is 122 Å². The zero-order chi connectivity index (χ0) is 25.0. The maximum absolute atomic E-state index is 4.78. The van der Waals surface area contributed by atoms with Crippen molar-refractivity contribution in [2.75, 3.05) is 0 Å². The second-order valence-corrected chi connectivity index (χ2v) is 8.71. The van der Waals surface area contributed by atoms with Gasteiger partial charge in [0.2, 0.25) is 0 Å². The number of hydrogen-bond acceptors (Lipinski definition) is 5. The topological polar surface area (TPSA) is 64.5 Å². The Morgan fingerprint density at radius 1 is 0.432 bits per heavy atom. The highest BCUT2D eigenvalue weighted by Crippen LogP contribution is 2.30. The maximum atomic E-state index is 4.78. The first-order chi connectivity index (χ1) is 18.2. The minimum absolute atomic E-state index is 0.518. The molecule has 0 bridgehead atoms. The number of pyridine rings is 2. The fraction of sp³-hybridized carbons (Fsp3) is 0.0312. The second kappa shape index (κ2) is 9.91. The van der Waals surface area contributed by atoms with Crippen LogP contribution in [0.3, 0.4) is 0 Å². The highest BCUT2D eigenvalue weighted by Gasteiger charge is 2.14. The lowest BCUT2D eigenvalue weighted by Crippen LogP contribution is -2.02. The molecule has 5 nitrogen and oxygen atoms in total. The first-order valence-corrected chi connectivity index (χ1v) is 12.1. The molecule has 0 spiro atoms. The van der Waals surface area contributed by atoms with Gasteiger partial charge in [-0.3, -0.25) is 9.97 Å². The van der Waals surface area contributed by atoms with Crippen molar-refractivity contribution < 1.29 is 0 Å². The molecule has 6 aromatic rings. The van der Waals surface area contributed by atoms with Crippen molar-refractivity contribution in [3.63, 3.8) is 0 Å². The van der Waals surface area contributed by atoms with Crippen LogP contribution in [0, 0.1) is 6.92 Å². The van der Waals surface area contributed by atoms with E-state index < -0.39 is 0 Å². The largest absolute Gasteiger partial charge is 0.253 e. The highest BCUT2D eigenvalue weighted by molar-refractivity contribution is 5.75. The third-order valence-corrected chi connectivity index (χ3v) is 6.21. The fourth-order valence-electron chi connectivity index (χ4n) is 4.32. The van der Waals surface area contributed by atoms with E-state index in [1.54, 1.807) is 12.4 Å². The molecule has 0 N–H and O–H groups in total. The molecule has 0 saturated heterocycles. The molecular formula is C32H23N5. The van der Waals surface area contributed by atoms with Crippen LogP contribution in [-0.4, -0.2) is 24.9 Å². The van der Waals surface area contributed by atoms with E-state index in [2.05, 4.69) is 88.6 Å². The van der Waals surface area contributed by atoms with Crippen LogP contribution in [-0.2, 0) is 0 Å². The molecule has 37 heavy (non-hydrogen) atoms. The van der Waals surface area contributed by atoms with Crippen LogP contribution < -0.4 is 0 Å². The van der Waals surface area contributed by atoms with Gasteiger partial charge >= 0.3 is 0 Å². The smallest absolute Gasteiger partial charge is 0.182 e. The Kier molecular flexibility index (Phi) is 6.01. The summed E-state index contributed by atoms with van der Waals surface area (Å²) in [5.74, 6) is 1.62. The Morgan fingerprint density at radius 3 is 1.51 bits per heavy atom. The second-order valence-electron chi connectivity index (χ2n) is 8.71. The Labute approximate surface area is 215 Å². The first kappa shape index (κ1) is 22.4. The Morgan fingerprint density at radius 2 is 0.946 bits per heavy atom. The summed E-state index contributed by atoms with van der Waals surface area (Å²) in [4.78, 5) is 23.1. The van der Waals surface area contributed by atoms with Crippen LogP contribution >= 0.6 is 0 Å². The third kappa shape index (κ3) is 4.75. The summed E-state index contributed by atoms with van der Waals surface area (Å²) in [5.41, 5.74) is 8.19. The summed E-state index contributed by atoms with van der Waals surface area (Å²) in [6.45, 7) is 2.12. The molecule has 3 aromatic heterocycles. The average molecular weight is 478 g/mol. The molecule has 0 atom stereocenters. The third-order valence-electron chi connectivity index (χ3n) is 6.21. The molecule has 0 aliphatic rings. The van der Waals surface area contributed by atoms with E-state index in [4.69, 9.17) is 9.97 Å². The van der Waals surface area contributed by atoms with Crippen LogP contribution in [0.4, 0.5) is 0 Å². The number of aryl methyl sites for hydroxylation is 1. The van der Waals surface area contributed by atoms with Gasteiger partial charge in [0, 0.05) is 18.0 Å². The predicted molar refractivity (Wildman–Crippen MR) is 147 cm³/mol. The zero-order valence-electron chi connectivity index (χ0n) is 20.3. The van der Waals surface area contributed by atoms with Crippen molar-refractivity contribution in [2.24, 2.45) is 0 Å². The summed E-state index contributed by atoms with van der Waals surface area (Å²) in [6, 6.07) is 36.8. The van der Waals surface area contributed by atoms with Gasteiger partial charge in [0.25, 0.3) is 0 Å². The molecule has 3 heterocycles. The van der Waals surface area contributed by atoms with Gasteiger partial charge in [0.05, 0.1) is 0 Å². The van der Waals surface area contributed by atoms with E-state index in [0.717, 1.165) is 11.1 Å². The van der Waals surface area contributed by atoms with E-state index in [1.807, 2.05) is 42.5 Å². The number of nitrogens with zero attached hydrogens (tertiary/aromatic N) is 5. The van der Waals surface area contributed by atoms with Gasteiger partial charge in [-0.25, -0.2) is 15.0 Å². The highest BCUT2D eigenvalue weighted by atomic mass is 15.1. The van der Waals surface area contributed by atoms with Gasteiger partial charge in [-0.15, -0.1) is 0 Å². The van der Waals surface area contributed by atoms with Crippen molar-refractivity contribution in [1.29, 1.82) is 0 Å². The van der Waals surface area contributed by atoms with Crippen molar-refractivity contribution >= 4 is 0 Å². The van der Waals surface area contributed by atoms with Gasteiger partial charge in [0.15, 0.2) is 17.5 Å². The summed E-state index contributed by atoms with van der Waals surface area (Å²) in [7, 11) is 0. The molecule has 0 unspecified atom stereocenters. The molecule has 0 amide bonds. The van der Waals surface area contributed by atoms with Gasteiger partial charge < -0.3 is 0 Å². The lowest BCUT2D eigenvalue weighted by atomic mass is 9.96. The molecule has 176 valence electrons. The lowest BCUT2D eigenvalue weighted by molar-refractivity contribution is 1.05. The van der Waals surface area contributed by atoms with Gasteiger partial charge in [-0.1, -0.05) is 78.9 Å². The zero-order valence-corrected chi connectivity index (χ0v) is 20.3. The van der Waals surface area contributed by atoms with Crippen LogP contribution in [0.2, 0.25) is 0 Å². The monoisotopic (exact) mass is 477 g/mol. The molecule has 0 radical (unpaired) electrons. The van der Waals surface area contributed by atoms with Crippen molar-refractivity contribution in [3.8, 4) is 56.7 Å². The molecule has 0 aliphatic carbocycles. The van der Waals surface area contributed by atoms with E-state index in [1.165, 1.54) is 22.3 Å². The van der Waals surface area contributed by atoms with Crippen molar-refractivity contribution in [1.82, 2.24) is 24.9 Å². The number of rotatable bonds is 5. The Balaban J connectivity index is 1.38. The molecule has 5 heteroatoms. The van der Waals surface area contributed by atoms with E-state index in [9.17, 15) is 0 Å². The number of hydrogen-bond donors (Lipinski definition) is 0. The van der Waals surface area contributed by atoms with Crippen molar-refractivity contribution in [3.05, 3.63) is 127 Å². The summed E-state index contributed by atoms with van der Waals surface area (Å²) in [6.07, 6.45) is 3.47. The standard InChI is InChI=1S/C32H23N5/c1-22-21-26(17-18-27(22)25-15-13-24(14-16-25)23-9-3-2-4-10-23)30-35-31(28-11-5-7-19-33-28)37-32(36-30)29-12-6-8-20-34-29/h2-21H,1H3. The Hall–Kier alpha value is -5.03. The quantitative estimate of drug-likeness (QED) is 0.261. The minimum Gasteiger partial charge on any atom is -0.253 e. The van der Waals surface area contributed by atoms with E-state index in [0.29, 0.717) is 28.9 Å². The predicted octanol–water partition coefficient (Wildman–Crippen LogP) is 7.31. The fourth-order valence-corrected chi connectivity index (χ4v) is 4.32. The van der Waals surface area contributed by atoms with Gasteiger partial charge in [-0.2, -0.15) is 0 Å². The molecule has 0 saturated carbocycles. The van der Waals surface area contributed by atoms with Crippen LogP contribution in [0.1, 0.15) is 5.56 Å². The number of benzene rings is 3. The normalized spacial score (nSPS) is 10.8. The number of aromatic nitrogens is 5. The van der Waals surface area contributed by atoms with Crippen LogP contribution in [0.25, 0.3) is 56.7 Å². The summed E-state index contributed by atoms with van der Waals surface area (Å²) in [5, 5.41) is 0. The summed E-state index contributed by atoms with van der Waals surface area (Å²) >= 11 is 0. The maximum Gasteiger partial charge on any atom is 0.182 e. The van der Waals surface area contributed by atoms with Crippen molar-refractivity contribution in [2.45, 2.75) is 6.92 Å². The molecular weight excluding hydrogens is 454 g/mol. The van der Waals surface area contributed by atoms with E-state index >= 15 is 0 Å². The average Bonchev–Trinajstić information content (AvgIpc) is 2.98. The van der Waals surface area contributed by atoms with Gasteiger partial charge in [0.1, 0.15) is 11.4 Å².